The van der Waals surface area contributed by atoms with E-state index < -0.39 is 0 Å². The largest absolute Gasteiger partial charge is 0.369 e. The van der Waals surface area contributed by atoms with E-state index in [1.165, 1.54) is 18.5 Å². The number of hydrogen-bond acceptors (Lipinski definition) is 3. The van der Waals surface area contributed by atoms with Gasteiger partial charge in [-0.3, -0.25) is 4.79 Å². The van der Waals surface area contributed by atoms with Crippen molar-refractivity contribution in [3.8, 4) is 0 Å². The molecule has 0 aliphatic carbocycles. The molecule has 120 valence electrons. The summed E-state index contributed by atoms with van der Waals surface area (Å²) in [6, 6.07) is 7.14. The standard InChI is InChI=1S/C18H27N3O/c1-11-6-5-9-20(11)15-7-8-17-16(10-15)18(19)12(2)13(3)21(17)14(4)22/h7-8,10-13,18H,5-6,9,19H2,1-4H3/t11?,12-,13-,18?/m0/s1. The van der Waals surface area contributed by atoms with Gasteiger partial charge in [-0.15, -0.1) is 0 Å². The number of amides is 1. The molecular weight excluding hydrogens is 274 g/mol. The van der Waals surface area contributed by atoms with Crippen molar-refractivity contribution in [2.24, 2.45) is 11.7 Å². The third-order valence-corrected chi connectivity index (χ3v) is 5.59. The van der Waals surface area contributed by atoms with Gasteiger partial charge in [0.05, 0.1) is 0 Å². The Morgan fingerprint density at radius 3 is 2.59 bits per heavy atom. The molecule has 0 aromatic heterocycles. The van der Waals surface area contributed by atoms with E-state index >= 15 is 0 Å². The van der Waals surface area contributed by atoms with E-state index in [-0.39, 0.29) is 23.9 Å². The predicted octanol–water partition coefficient (Wildman–Crippen LogP) is 3.07. The number of nitrogens with two attached hydrogens (primary N) is 1. The maximum atomic E-state index is 12.1. The molecule has 1 fully saturated rings. The van der Waals surface area contributed by atoms with Gasteiger partial charge in [-0.25, -0.2) is 0 Å². The first-order valence-electron chi connectivity index (χ1n) is 8.37. The van der Waals surface area contributed by atoms with E-state index in [1.807, 2.05) is 4.90 Å². The summed E-state index contributed by atoms with van der Waals surface area (Å²) >= 11 is 0. The van der Waals surface area contributed by atoms with Gasteiger partial charge in [0.15, 0.2) is 0 Å². The lowest BCUT2D eigenvalue weighted by atomic mass is 9.83. The first-order valence-corrected chi connectivity index (χ1v) is 8.37. The fourth-order valence-corrected chi connectivity index (χ4v) is 4.02. The Kier molecular flexibility index (Phi) is 3.89. The number of carbonyl (C=O) groups is 1. The van der Waals surface area contributed by atoms with Crippen LogP contribution in [0, 0.1) is 5.92 Å². The molecule has 0 bridgehead atoms. The molecule has 2 unspecified atom stereocenters. The van der Waals surface area contributed by atoms with Crippen LogP contribution in [0.4, 0.5) is 11.4 Å². The summed E-state index contributed by atoms with van der Waals surface area (Å²) in [6.45, 7) is 9.25. The highest BCUT2D eigenvalue weighted by atomic mass is 16.2. The van der Waals surface area contributed by atoms with Crippen molar-refractivity contribution in [1.82, 2.24) is 0 Å². The summed E-state index contributed by atoms with van der Waals surface area (Å²) < 4.78 is 0. The van der Waals surface area contributed by atoms with Crippen LogP contribution < -0.4 is 15.5 Å². The van der Waals surface area contributed by atoms with Crippen molar-refractivity contribution in [2.45, 2.75) is 58.7 Å². The van der Waals surface area contributed by atoms with Crippen LogP contribution in [0.1, 0.15) is 52.1 Å². The van der Waals surface area contributed by atoms with Crippen LogP contribution in [0.3, 0.4) is 0 Å². The quantitative estimate of drug-likeness (QED) is 0.867. The Morgan fingerprint density at radius 2 is 2.00 bits per heavy atom. The predicted molar refractivity (Wildman–Crippen MR) is 91.2 cm³/mol. The molecular formula is C18H27N3O. The van der Waals surface area contributed by atoms with Gasteiger partial charge in [0.1, 0.15) is 0 Å². The Morgan fingerprint density at radius 1 is 1.27 bits per heavy atom. The lowest BCUT2D eigenvalue weighted by Crippen LogP contribution is -2.48. The van der Waals surface area contributed by atoms with Gasteiger partial charge in [-0.2, -0.15) is 0 Å². The smallest absolute Gasteiger partial charge is 0.224 e. The first-order chi connectivity index (χ1) is 10.4. The molecule has 2 heterocycles. The Hall–Kier alpha value is -1.55. The molecule has 0 saturated carbocycles. The molecule has 2 aliphatic heterocycles. The van der Waals surface area contributed by atoms with Crippen LogP contribution in [0.25, 0.3) is 0 Å². The van der Waals surface area contributed by atoms with Gasteiger partial charge in [0.25, 0.3) is 0 Å². The number of benzene rings is 1. The summed E-state index contributed by atoms with van der Waals surface area (Å²) in [6.07, 6.45) is 2.49. The van der Waals surface area contributed by atoms with Crippen molar-refractivity contribution < 1.29 is 4.79 Å². The van der Waals surface area contributed by atoms with Crippen molar-refractivity contribution in [2.75, 3.05) is 16.3 Å². The number of anilines is 2. The number of carbonyl (C=O) groups excluding carboxylic acids is 1. The molecule has 22 heavy (non-hydrogen) atoms. The van der Waals surface area contributed by atoms with Gasteiger partial charge < -0.3 is 15.5 Å². The van der Waals surface area contributed by atoms with E-state index in [4.69, 9.17) is 5.73 Å². The molecule has 0 radical (unpaired) electrons. The zero-order valence-electron chi connectivity index (χ0n) is 14.0. The molecule has 1 amide bonds. The van der Waals surface area contributed by atoms with E-state index in [9.17, 15) is 4.79 Å². The second kappa shape index (κ2) is 5.58. The second-order valence-corrected chi connectivity index (χ2v) is 6.94. The molecule has 1 saturated heterocycles. The summed E-state index contributed by atoms with van der Waals surface area (Å²) in [5.41, 5.74) is 9.82. The number of fused-ring (bicyclic) bond motifs is 1. The highest BCUT2D eigenvalue weighted by Gasteiger charge is 2.36. The van der Waals surface area contributed by atoms with E-state index in [1.54, 1.807) is 6.92 Å². The van der Waals surface area contributed by atoms with Crippen molar-refractivity contribution in [1.29, 1.82) is 0 Å². The summed E-state index contributed by atoms with van der Waals surface area (Å²) in [5.74, 6) is 0.345. The third kappa shape index (κ3) is 2.30. The Labute approximate surface area is 133 Å². The van der Waals surface area contributed by atoms with Gasteiger partial charge in [0.2, 0.25) is 5.91 Å². The van der Waals surface area contributed by atoms with E-state index in [2.05, 4.69) is 43.9 Å². The van der Waals surface area contributed by atoms with Crippen molar-refractivity contribution in [3.63, 3.8) is 0 Å². The average molecular weight is 301 g/mol. The van der Waals surface area contributed by atoms with Crippen LogP contribution in [0.5, 0.6) is 0 Å². The van der Waals surface area contributed by atoms with Crippen molar-refractivity contribution >= 4 is 17.3 Å². The lowest BCUT2D eigenvalue weighted by molar-refractivity contribution is -0.117. The van der Waals surface area contributed by atoms with Crippen LogP contribution in [-0.2, 0) is 4.79 Å². The van der Waals surface area contributed by atoms with Crippen LogP contribution in [-0.4, -0.2) is 24.5 Å². The summed E-state index contributed by atoms with van der Waals surface area (Å²) in [5, 5.41) is 0. The minimum Gasteiger partial charge on any atom is -0.369 e. The highest BCUT2D eigenvalue weighted by Crippen LogP contribution is 2.41. The van der Waals surface area contributed by atoms with Crippen LogP contribution >= 0.6 is 0 Å². The molecule has 0 spiro atoms. The fraction of sp³-hybridized carbons (Fsp3) is 0.611. The van der Waals surface area contributed by atoms with Gasteiger partial charge in [-0.1, -0.05) is 6.92 Å². The second-order valence-electron chi connectivity index (χ2n) is 6.94. The topological polar surface area (TPSA) is 49.6 Å². The molecule has 4 atom stereocenters. The van der Waals surface area contributed by atoms with Crippen LogP contribution in [0.15, 0.2) is 18.2 Å². The van der Waals surface area contributed by atoms with E-state index in [0.717, 1.165) is 17.8 Å². The first kappa shape index (κ1) is 15.3. The Balaban J connectivity index is 2.05. The molecule has 2 aliphatic rings. The molecule has 2 N–H and O–H groups in total. The van der Waals surface area contributed by atoms with Crippen molar-refractivity contribution in [3.05, 3.63) is 23.8 Å². The van der Waals surface area contributed by atoms with Gasteiger partial charge in [-0.05, 0) is 56.4 Å². The summed E-state index contributed by atoms with van der Waals surface area (Å²) in [4.78, 5) is 16.4. The zero-order valence-corrected chi connectivity index (χ0v) is 14.0. The Bertz CT molecular complexity index is 586. The number of nitrogens with zero attached hydrogens (tertiary/aromatic N) is 2. The van der Waals surface area contributed by atoms with Gasteiger partial charge in [0, 0.05) is 43.0 Å². The fourth-order valence-electron chi connectivity index (χ4n) is 4.02. The average Bonchev–Trinajstić information content (AvgIpc) is 2.91. The highest BCUT2D eigenvalue weighted by molar-refractivity contribution is 5.94. The molecule has 1 aromatic rings. The molecule has 1 aromatic carbocycles. The lowest BCUT2D eigenvalue weighted by Gasteiger charge is -2.42. The maximum absolute atomic E-state index is 12.1. The normalized spacial score (nSPS) is 31.3. The SMILES string of the molecule is CC(=O)N1c2ccc(N3CCCC3C)cc2C(N)[C@@H](C)[C@@H]1C. The maximum Gasteiger partial charge on any atom is 0.224 e. The summed E-state index contributed by atoms with van der Waals surface area (Å²) in [7, 11) is 0. The third-order valence-electron chi connectivity index (χ3n) is 5.59. The minimum atomic E-state index is -0.0153. The molecule has 4 nitrogen and oxygen atoms in total. The van der Waals surface area contributed by atoms with Gasteiger partial charge >= 0.3 is 0 Å². The monoisotopic (exact) mass is 301 g/mol. The minimum absolute atomic E-state index is 0.0153. The van der Waals surface area contributed by atoms with E-state index in [0.29, 0.717) is 6.04 Å². The van der Waals surface area contributed by atoms with Crippen LogP contribution in [0.2, 0.25) is 0 Å². The molecule has 4 heteroatoms. The number of hydrogen-bond donors (Lipinski definition) is 1. The zero-order chi connectivity index (χ0) is 16.0. The molecule has 3 rings (SSSR count). The number of rotatable bonds is 1.